The number of aromatic nitrogens is 1. The highest BCUT2D eigenvalue weighted by Crippen LogP contribution is 2.15. The molecule has 0 saturated heterocycles. The quantitative estimate of drug-likeness (QED) is 0.644. The Hall–Kier alpha value is -1.84. The third kappa shape index (κ3) is 4.06. The van der Waals surface area contributed by atoms with Crippen LogP contribution < -0.4 is 4.72 Å². The summed E-state index contributed by atoms with van der Waals surface area (Å²) in [5.41, 5.74) is 0.691. The Morgan fingerprint density at radius 2 is 2.00 bits per heavy atom. The predicted octanol–water partition coefficient (Wildman–Crippen LogP) is 1.88. The zero-order chi connectivity index (χ0) is 15.5. The van der Waals surface area contributed by atoms with E-state index in [2.05, 4.69) is 9.71 Å². The van der Waals surface area contributed by atoms with Crippen molar-refractivity contribution in [1.29, 1.82) is 0 Å². The number of sulfonamides is 1. The highest BCUT2D eigenvalue weighted by molar-refractivity contribution is 7.89. The Balaban J connectivity index is 1.99. The van der Waals surface area contributed by atoms with E-state index in [1.54, 1.807) is 0 Å². The molecular weight excluding hydrogens is 314 g/mol. The number of benzene rings is 1. The summed E-state index contributed by atoms with van der Waals surface area (Å²) in [5, 5.41) is 13.3. The lowest BCUT2D eigenvalue weighted by Crippen LogP contribution is -2.26. The zero-order valence-electron chi connectivity index (χ0n) is 11.1. The summed E-state index contributed by atoms with van der Waals surface area (Å²) in [5.74, 6) is 0. The highest BCUT2D eigenvalue weighted by Gasteiger charge is 2.15. The zero-order valence-corrected chi connectivity index (χ0v) is 12.8. The molecule has 9 heteroatoms. The van der Waals surface area contributed by atoms with E-state index < -0.39 is 14.9 Å². The minimum absolute atomic E-state index is 0.00237. The largest absolute Gasteiger partial charge is 0.269 e. The average molecular weight is 327 g/mol. The lowest BCUT2D eigenvalue weighted by atomic mass is 10.3. The van der Waals surface area contributed by atoms with Gasteiger partial charge in [0.15, 0.2) is 0 Å². The molecule has 2 aromatic rings. The van der Waals surface area contributed by atoms with Crippen LogP contribution in [0.2, 0.25) is 0 Å². The first-order valence-electron chi connectivity index (χ1n) is 6.03. The van der Waals surface area contributed by atoms with Crippen LogP contribution in [-0.4, -0.2) is 24.9 Å². The molecule has 0 amide bonds. The summed E-state index contributed by atoms with van der Waals surface area (Å²) in [6.07, 6.45) is 0.497. The summed E-state index contributed by atoms with van der Waals surface area (Å²) in [7, 11) is -3.66. The van der Waals surface area contributed by atoms with Crippen molar-refractivity contribution in [3.8, 4) is 0 Å². The Morgan fingerprint density at radius 1 is 1.33 bits per heavy atom. The average Bonchev–Trinajstić information content (AvgIpc) is 2.84. The molecule has 0 radical (unpaired) electrons. The fourth-order valence-electron chi connectivity index (χ4n) is 1.67. The summed E-state index contributed by atoms with van der Waals surface area (Å²) in [6, 6.07) is 4.76. The molecule has 0 atom stereocenters. The van der Waals surface area contributed by atoms with Crippen molar-refractivity contribution in [3.63, 3.8) is 0 Å². The lowest BCUT2D eigenvalue weighted by Gasteiger charge is -2.05. The SMILES string of the molecule is Cc1nc(CCNS(=O)(=O)c2ccc([N+](=O)[O-])cc2)cs1. The number of nitro benzene ring substituents is 1. The molecule has 7 nitrogen and oxygen atoms in total. The number of aryl methyl sites for hydroxylation is 1. The maximum absolute atomic E-state index is 12.0. The van der Waals surface area contributed by atoms with Gasteiger partial charge >= 0.3 is 0 Å². The molecule has 0 aliphatic heterocycles. The second kappa shape index (κ2) is 6.29. The molecule has 1 aromatic carbocycles. The van der Waals surface area contributed by atoms with Crippen molar-refractivity contribution in [2.24, 2.45) is 0 Å². The molecule has 0 unspecified atom stereocenters. The number of rotatable bonds is 6. The van der Waals surface area contributed by atoms with Crippen LogP contribution in [0, 0.1) is 17.0 Å². The fraction of sp³-hybridized carbons (Fsp3) is 0.250. The first-order chi connectivity index (χ1) is 9.88. The minimum atomic E-state index is -3.66. The summed E-state index contributed by atoms with van der Waals surface area (Å²) in [6.45, 7) is 2.11. The van der Waals surface area contributed by atoms with Crippen molar-refractivity contribution in [3.05, 3.63) is 50.5 Å². The molecule has 1 aromatic heterocycles. The van der Waals surface area contributed by atoms with Gasteiger partial charge in [-0.05, 0) is 19.1 Å². The van der Waals surface area contributed by atoms with Crippen molar-refractivity contribution in [1.82, 2.24) is 9.71 Å². The van der Waals surface area contributed by atoms with Crippen LogP contribution in [0.3, 0.4) is 0 Å². The third-order valence-corrected chi connectivity index (χ3v) is 5.00. The molecule has 1 heterocycles. The van der Waals surface area contributed by atoms with Gasteiger partial charge in [-0.15, -0.1) is 11.3 Å². The van der Waals surface area contributed by atoms with Crippen LogP contribution in [0.1, 0.15) is 10.7 Å². The molecular formula is C12H13N3O4S2. The van der Waals surface area contributed by atoms with Gasteiger partial charge in [0.05, 0.1) is 20.5 Å². The molecule has 112 valence electrons. The van der Waals surface area contributed by atoms with E-state index >= 15 is 0 Å². The Kier molecular flexibility index (Phi) is 4.66. The van der Waals surface area contributed by atoms with Gasteiger partial charge in [0.2, 0.25) is 10.0 Å². The van der Waals surface area contributed by atoms with Crippen LogP contribution >= 0.6 is 11.3 Å². The molecule has 0 aliphatic carbocycles. The van der Waals surface area contributed by atoms with Crippen LogP contribution in [0.15, 0.2) is 34.5 Å². The van der Waals surface area contributed by atoms with Gasteiger partial charge < -0.3 is 0 Å². The molecule has 0 aliphatic rings. The van der Waals surface area contributed by atoms with Gasteiger partial charge in [-0.3, -0.25) is 10.1 Å². The molecule has 0 bridgehead atoms. The Labute approximate surface area is 125 Å². The summed E-state index contributed by atoms with van der Waals surface area (Å²) >= 11 is 1.51. The van der Waals surface area contributed by atoms with Gasteiger partial charge in [-0.1, -0.05) is 0 Å². The van der Waals surface area contributed by atoms with E-state index in [-0.39, 0.29) is 17.1 Å². The number of nitro groups is 1. The van der Waals surface area contributed by atoms with E-state index in [9.17, 15) is 18.5 Å². The van der Waals surface area contributed by atoms with Crippen LogP contribution in [0.5, 0.6) is 0 Å². The number of non-ortho nitro benzene ring substituents is 1. The molecule has 0 spiro atoms. The van der Waals surface area contributed by atoms with Crippen molar-refractivity contribution in [2.75, 3.05) is 6.54 Å². The third-order valence-electron chi connectivity index (χ3n) is 2.70. The van der Waals surface area contributed by atoms with Crippen LogP contribution in [0.4, 0.5) is 5.69 Å². The standard InChI is InChI=1S/C12H13N3O4S2/c1-9-14-10(8-20-9)6-7-13-21(18,19)12-4-2-11(3-5-12)15(16)17/h2-5,8,13H,6-7H2,1H3. The van der Waals surface area contributed by atoms with Gasteiger partial charge in [-0.25, -0.2) is 18.1 Å². The van der Waals surface area contributed by atoms with Crippen LogP contribution in [-0.2, 0) is 16.4 Å². The number of thiazole rings is 1. The molecule has 0 saturated carbocycles. The van der Waals surface area contributed by atoms with Crippen LogP contribution in [0.25, 0.3) is 0 Å². The van der Waals surface area contributed by atoms with Gasteiger partial charge in [0.1, 0.15) is 0 Å². The van der Waals surface area contributed by atoms with Crippen molar-refractivity contribution < 1.29 is 13.3 Å². The Bertz CT molecular complexity index is 738. The summed E-state index contributed by atoms with van der Waals surface area (Å²) < 4.78 is 26.5. The minimum Gasteiger partial charge on any atom is -0.258 e. The number of hydrogen-bond acceptors (Lipinski definition) is 6. The first kappa shape index (κ1) is 15.5. The summed E-state index contributed by atoms with van der Waals surface area (Å²) in [4.78, 5) is 14.2. The molecule has 21 heavy (non-hydrogen) atoms. The molecule has 0 fully saturated rings. The van der Waals surface area contributed by atoms with Gasteiger partial charge in [0, 0.05) is 30.5 Å². The first-order valence-corrected chi connectivity index (χ1v) is 8.40. The van der Waals surface area contributed by atoms with Gasteiger partial charge in [-0.2, -0.15) is 0 Å². The second-order valence-corrected chi connectivity index (χ2v) is 7.09. The van der Waals surface area contributed by atoms with E-state index in [1.807, 2.05) is 12.3 Å². The highest BCUT2D eigenvalue weighted by atomic mass is 32.2. The van der Waals surface area contributed by atoms with E-state index in [0.717, 1.165) is 10.7 Å². The molecule has 1 N–H and O–H groups in total. The van der Waals surface area contributed by atoms with Crippen molar-refractivity contribution >= 4 is 27.0 Å². The number of nitrogens with one attached hydrogen (secondary N) is 1. The normalized spacial score (nSPS) is 11.5. The van der Waals surface area contributed by atoms with E-state index in [1.165, 1.54) is 35.6 Å². The smallest absolute Gasteiger partial charge is 0.258 e. The maximum atomic E-state index is 12.0. The lowest BCUT2D eigenvalue weighted by molar-refractivity contribution is -0.384. The Morgan fingerprint density at radius 3 is 2.52 bits per heavy atom. The topological polar surface area (TPSA) is 102 Å². The second-order valence-electron chi connectivity index (χ2n) is 4.26. The van der Waals surface area contributed by atoms with Crippen molar-refractivity contribution in [2.45, 2.75) is 18.2 Å². The predicted molar refractivity (Wildman–Crippen MR) is 78.8 cm³/mol. The van der Waals surface area contributed by atoms with E-state index in [4.69, 9.17) is 0 Å². The number of hydrogen-bond donors (Lipinski definition) is 1. The van der Waals surface area contributed by atoms with Gasteiger partial charge in [0.25, 0.3) is 5.69 Å². The monoisotopic (exact) mass is 327 g/mol. The van der Waals surface area contributed by atoms with E-state index in [0.29, 0.717) is 6.42 Å². The molecule has 2 rings (SSSR count). The maximum Gasteiger partial charge on any atom is 0.269 e. The fourth-order valence-corrected chi connectivity index (χ4v) is 3.35. The number of nitrogens with zero attached hydrogens (tertiary/aromatic N) is 2.